The molecule has 0 spiro atoms. The third-order valence-corrected chi connectivity index (χ3v) is 2.82. The molecule has 0 radical (unpaired) electrons. The van der Waals surface area contributed by atoms with Crippen LogP contribution in [0.3, 0.4) is 0 Å². The number of hydrogen-bond donors (Lipinski definition) is 2. The topological polar surface area (TPSA) is 73.6 Å². The molecule has 0 saturated heterocycles. The van der Waals surface area contributed by atoms with Crippen molar-refractivity contribution in [1.82, 2.24) is 5.32 Å². The third kappa shape index (κ3) is 8.06. The summed E-state index contributed by atoms with van der Waals surface area (Å²) < 4.78 is 45.5. The minimum absolute atomic E-state index is 0. The number of rotatable bonds is 7. The summed E-state index contributed by atoms with van der Waals surface area (Å²) in [7, 11) is 1.44. The minimum Gasteiger partial charge on any atom is -0.484 e. The van der Waals surface area contributed by atoms with Crippen molar-refractivity contribution in [3.63, 3.8) is 0 Å². The molecular weight excluding hydrogens is 337 g/mol. The fourth-order valence-corrected chi connectivity index (χ4v) is 1.68. The molecule has 2 unspecified atom stereocenters. The van der Waals surface area contributed by atoms with E-state index in [4.69, 9.17) is 10.5 Å². The molecule has 1 aromatic rings. The van der Waals surface area contributed by atoms with Crippen LogP contribution >= 0.6 is 12.4 Å². The van der Waals surface area contributed by atoms with E-state index in [0.29, 0.717) is 0 Å². The van der Waals surface area contributed by atoms with Crippen molar-refractivity contribution in [3.8, 4) is 5.75 Å². The molecule has 0 heterocycles. The van der Waals surface area contributed by atoms with Gasteiger partial charge in [0.2, 0.25) is 5.91 Å². The lowest BCUT2D eigenvalue weighted by Crippen LogP contribution is -2.44. The first kappa shape index (κ1) is 21.5. The van der Waals surface area contributed by atoms with Crippen LogP contribution < -0.4 is 15.8 Å². The van der Waals surface area contributed by atoms with Crippen molar-refractivity contribution in [2.24, 2.45) is 5.73 Å². The Hall–Kier alpha value is -1.51. The van der Waals surface area contributed by atoms with Gasteiger partial charge in [-0.1, -0.05) is 12.1 Å². The highest BCUT2D eigenvalue weighted by atomic mass is 35.5. The smallest absolute Gasteiger partial charge is 0.422 e. The van der Waals surface area contributed by atoms with Crippen molar-refractivity contribution in [3.05, 3.63) is 29.8 Å². The second kappa shape index (κ2) is 9.59. The summed E-state index contributed by atoms with van der Waals surface area (Å²) in [5.41, 5.74) is 6.31. The van der Waals surface area contributed by atoms with Gasteiger partial charge in [-0.15, -0.1) is 12.4 Å². The van der Waals surface area contributed by atoms with Gasteiger partial charge in [0.25, 0.3) is 0 Å². The van der Waals surface area contributed by atoms with Gasteiger partial charge in [-0.3, -0.25) is 4.79 Å². The highest BCUT2D eigenvalue weighted by molar-refractivity contribution is 5.85. The van der Waals surface area contributed by atoms with Crippen LogP contribution in [0.4, 0.5) is 13.2 Å². The molecule has 0 aromatic heterocycles. The predicted molar refractivity (Wildman–Crippen MR) is 81.6 cm³/mol. The van der Waals surface area contributed by atoms with E-state index in [1.54, 1.807) is 19.1 Å². The quantitative estimate of drug-likeness (QED) is 0.785. The lowest BCUT2D eigenvalue weighted by molar-refractivity contribution is -0.153. The predicted octanol–water partition coefficient (Wildman–Crippen LogP) is 2.20. The van der Waals surface area contributed by atoms with E-state index in [9.17, 15) is 18.0 Å². The molecule has 0 aliphatic rings. The largest absolute Gasteiger partial charge is 0.484 e. The Labute approximate surface area is 138 Å². The highest BCUT2D eigenvalue weighted by Gasteiger charge is 2.28. The van der Waals surface area contributed by atoms with Crippen molar-refractivity contribution in [2.45, 2.75) is 25.2 Å². The minimum atomic E-state index is -4.38. The van der Waals surface area contributed by atoms with E-state index in [1.165, 1.54) is 19.2 Å². The maximum Gasteiger partial charge on any atom is 0.422 e. The van der Waals surface area contributed by atoms with Crippen molar-refractivity contribution in [2.75, 3.05) is 20.3 Å². The van der Waals surface area contributed by atoms with E-state index in [2.05, 4.69) is 10.1 Å². The number of nitrogens with two attached hydrogens (primary N) is 1. The first-order valence-corrected chi connectivity index (χ1v) is 6.57. The summed E-state index contributed by atoms with van der Waals surface area (Å²) in [6.45, 7) is 0.496. The summed E-state index contributed by atoms with van der Waals surface area (Å²) in [5, 5.41) is 2.69. The van der Waals surface area contributed by atoms with E-state index in [-0.39, 0.29) is 36.7 Å². The van der Waals surface area contributed by atoms with Crippen molar-refractivity contribution >= 4 is 18.3 Å². The van der Waals surface area contributed by atoms with Gasteiger partial charge < -0.3 is 20.5 Å². The first-order valence-electron chi connectivity index (χ1n) is 6.57. The Kier molecular flexibility index (Phi) is 8.96. The molecule has 1 aromatic carbocycles. The van der Waals surface area contributed by atoms with Crippen molar-refractivity contribution < 1.29 is 27.4 Å². The summed E-state index contributed by atoms with van der Waals surface area (Å²) in [5.74, 6) is -0.262. The van der Waals surface area contributed by atoms with Gasteiger partial charge in [-0.2, -0.15) is 13.2 Å². The number of amides is 1. The number of halogens is 4. The third-order valence-electron chi connectivity index (χ3n) is 2.82. The Morgan fingerprint density at radius 1 is 1.30 bits per heavy atom. The zero-order chi connectivity index (χ0) is 16.8. The molecule has 0 aliphatic carbocycles. The molecule has 0 bridgehead atoms. The van der Waals surface area contributed by atoms with Crippen LogP contribution in [-0.4, -0.2) is 38.4 Å². The number of carbonyl (C=O) groups is 1. The van der Waals surface area contributed by atoms with Crippen LogP contribution in [0.25, 0.3) is 0 Å². The second-order valence-corrected chi connectivity index (χ2v) is 4.76. The van der Waals surface area contributed by atoms with Crippen LogP contribution in [0, 0.1) is 0 Å². The zero-order valence-corrected chi connectivity index (χ0v) is 13.5. The van der Waals surface area contributed by atoms with Crippen LogP contribution in [0.5, 0.6) is 5.75 Å². The standard InChI is InChI=1S/C14H19F3N2O3.ClH/c1-9(19-13(20)12(18)7-21-2)10-3-5-11(6-4-10)22-8-14(15,16)17;/h3-6,9,12H,7-8,18H2,1-2H3,(H,19,20);1H. The summed E-state index contributed by atoms with van der Waals surface area (Å²) in [6, 6.07) is 4.88. The Bertz CT molecular complexity index is 483. The second-order valence-electron chi connectivity index (χ2n) is 4.76. The zero-order valence-electron chi connectivity index (χ0n) is 12.7. The van der Waals surface area contributed by atoms with Gasteiger partial charge in [-0.25, -0.2) is 0 Å². The number of hydrogen-bond acceptors (Lipinski definition) is 4. The van der Waals surface area contributed by atoms with Crippen molar-refractivity contribution in [1.29, 1.82) is 0 Å². The van der Waals surface area contributed by atoms with Crippen LogP contribution in [-0.2, 0) is 9.53 Å². The molecular formula is C14H20ClF3N2O3. The fourth-order valence-electron chi connectivity index (χ4n) is 1.68. The number of carbonyl (C=O) groups excluding carboxylic acids is 1. The number of alkyl halides is 3. The molecule has 9 heteroatoms. The van der Waals surface area contributed by atoms with E-state index in [1.807, 2.05) is 0 Å². The van der Waals surface area contributed by atoms with E-state index >= 15 is 0 Å². The SMILES string of the molecule is COCC(N)C(=O)NC(C)c1ccc(OCC(F)(F)F)cc1.Cl. The van der Waals surface area contributed by atoms with Crippen LogP contribution in [0.1, 0.15) is 18.5 Å². The van der Waals surface area contributed by atoms with Gasteiger partial charge in [0.05, 0.1) is 12.6 Å². The van der Waals surface area contributed by atoms with Gasteiger partial charge in [0.1, 0.15) is 11.8 Å². The molecule has 23 heavy (non-hydrogen) atoms. The van der Waals surface area contributed by atoms with E-state index in [0.717, 1.165) is 5.56 Å². The highest BCUT2D eigenvalue weighted by Crippen LogP contribution is 2.21. The normalized spacial score (nSPS) is 13.7. The van der Waals surface area contributed by atoms with E-state index < -0.39 is 18.8 Å². The lowest BCUT2D eigenvalue weighted by atomic mass is 10.1. The summed E-state index contributed by atoms with van der Waals surface area (Å²) >= 11 is 0. The molecule has 2 atom stereocenters. The maximum absolute atomic E-state index is 12.0. The number of ether oxygens (including phenoxy) is 2. The Morgan fingerprint density at radius 2 is 1.87 bits per heavy atom. The van der Waals surface area contributed by atoms with Gasteiger partial charge in [0.15, 0.2) is 6.61 Å². The molecule has 1 rings (SSSR count). The van der Waals surface area contributed by atoms with Gasteiger partial charge in [-0.05, 0) is 24.6 Å². The lowest BCUT2D eigenvalue weighted by Gasteiger charge is -2.18. The average molecular weight is 357 g/mol. The molecule has 0 aliphatic heterocycles. The summed E-state index contributed by atoms with van der Waals surface area (Å²) in [6.07, 6.45) is -4.38. The maximum atomic E-state index is 12.0. The first-order chi connectivity index (χ1) is 10.2. The van der Waals surface area contributed by atoms with Crippen LogP contribution in [0.15, 0.2) is 24.3 Å². The molecule has 5 nitrogen and oxygen atoms in total. The van der Waals surface area contributed by atoms with Gasteiger partial charge >= 0.3 is 6.18 Å². The monoisotopic (exact) mass is 356 g/mol. The fraction of sp³-hybridized carbons (Fsp3) is 0.500. The molecule has 0 fully saturated rings. The molecule has 1 amide bonds. The molecule has 132 valence electrons. The number of nitrogens with one attached hydrogen (secondary N) is 1. The Balaban J connectivity index is 0.00000484. The summed E-state index contributed by atoms with van der Waals surface area (Å²) in [4.78, 5) is 11.7. The molecule has 0 saturated carbocycles. The Morgan fingerprint density at radius 3 is 2.35 bits per heavy atom. The average Bonchev–Trinajstić information content (AvgIpc) is 2.45. The number of methoxy groups -OCH3 is 1. The van der Waals surface area contributed by atoms with Gasteiger partial charge in [0, 0.05) is 7.11 Å². The van der Waals surface area contributed by atoms with Crippen LogP contribution in [0.2, 0.25) is 0 Å². The molecule has 3 N–H and O–H groups in total. The number of benzene rings is 1.